The molecule has 4 rings (SSSR count). The molecule has 7 nitrogen and oxygen atoms in total. The van der Waals surface area contributed by atoms with Crippen LogP contribution in [0.1, 0.15) is 23.1 Å². The molecule has 1 unspecified atom stereocenters. The number of rotatable bonds is 4. The number of ether oxygens (including phenoxy) is 2. The Balaban J connectivity index is 1.67. The van der Waals surface area contributed by atoms with Gasteiger partial charge in [0.1, 0.15) is 17.3 Å². The molecule has 0 saturated heterocycles. The van der Waals surface area contributed by atoms with Gasteiger partial charge in [-0.3, -0.25) is 9.69 Å². The van der Waals surface area contributed by atoms with Crippen molar-refractivity contribution >= 4 is 22.5 Å². The van der Waals surface area contributed by atoms with E-state index in [2.05, 4.69) is 9.97 Å². The molecule has 0 radical (unpaired) electrons. The van der Waals surface area contributed by atoms with Crippen molar-refractivity contribution in [2.24, 2.45) is 0 Å². The molecule has 1 atom stereocenters. The van der Waals surface area contributed by atoms with Crippen LogP contribution in [-0.4, -0.2) is 40.7 Å². The van der Waals surface area contributed by atoms with Gasteiger partial charge < -0.3 is 19.6 Å². The Kier molecular flexibility index (Phi) is 4.97. The third kappa shape index (κ3) is 3.32. The fraction of sp³-hybridized carbons (Fsp3) is 0.300. The first-order chi connectivity index (χ1) is 13.5. The van der Waals surface area contributed by atoms with Gasteiger partial charge in [-0.2, -0.15) is 0 Å². The van der Waals surface area contributed by atoms with Gasteiger partial charge in [-0.25, -0.2) is 4.98 Å². The predicted molar refractivity (Wildman–Crippen MR) is 106 cm³/mol. The summed E-state index contributed by atoms with van der Waals surface area (Å²) in [5, 5.41) is 11.7. The van der Waals surface area contributed by atoms with Crippen LogP contribution in [0.2, 0.25) is 5.02 Å². The number of fused-ring (bicyclic) bond motifs is 2. The number of β-amino-alcohol motifs (C(OH)–C–C–N with tert-alkyl or cyclic N) is 1. The summed E-state index contributed by atoms with van der Waals surface area (Å²) in [6, 6.07) is 8.66. The molecule has 0 amide bonds. The molecule has 3 aromatic rings. The van der Waals surface area contributed by atoms with Crippen molar-refractivity contribution in [3.63, 3.8) is 0 Å². The number of hydrogen-bond donors (Lipinski definition) is 2. The van der Waals surface area contributed by atoms with Crippen LogP contribution in [0.3, 0.4) is 0 Å². The molecule has 0 spiro atoms. The van der Waals surface area contributed by atoms with Gasteiger partial charge in [-0.05, 0) is 30.3 Å². The van der Waals surface area contributed by atoms with E-state index in [-0.39, 0.29) is 5.56 Å². The monoisotopic (exact) mass is 401 g/mol. The van der Waals surface area contributed by atoms with E-state index in [1.807, 2.05) is 11.0 Å². The van der Waals surface area contributed by atoms with Crippen molar-refractivity contribution < 1.29 is 14.6 Å². The SMILES string of the molecule is COc1ccc(OC)c2c1CN(Cc1nc3ccc(Cl)cc3c(=O)[nH]1)CC2O. The number of aromatic nitrogens is 2. The Hall–Kier alpha value is -2.61. The van der Waals surface area contributed by atoms with E-state index in [0.29, 0.717) is 52.9 Å². The van der Waals surface area contributed by atoms with Gasteiger partial charge in [0.2, 0.25) is 0 Å². The highest BCUT2D eigenvalue weighted by molar-refractivity contribution is 6.31. The topological polar surface area (TPSA) is 87.7 Å². The van der Waals surface area contributed by atoms with Crippen LogP contribution in [0.25, 0.3) is 10.9 Å². The molecule has 1 aromatic heterocycles. The number of H-pyrrole nitrogens is 1. The molecule has 0 saturated carbocycles. The highest BCUT2D eigenvalue weighted by atomic mass is 35.5. The maximum absolute atomic E-state index is 12.4. The highest BCUT2D eigenvalue weighted by Crippen LogP contribution is 2.39. The Morgan fingerprint density at radius 2 is 2.00 bits per heavy atom. The van der Waals surface area contributed by atoms with Crippen molar-refractivity contribution in [3.8, 4) is 11.5 Å². The molecular weight excluding hydrogens is 382 g/mol. The summed E-state index contributed by atoms with van der Waals surface area (Å²) < 4.78 is 10.9. The number of methoxy groups -OCH3 is 2. The summed E-state index contributed by atoms with van der Waals surface area (Å²) in [5.74, 6) is 1.85. The van der Waals surface area contributed by atoms with E-state index in [1.165, 1.54) is 0 Å². The lowest BCUT2D eigenvalue weighted by Crippen LogP contribution is -2.34. The average Bonchev–Trinajstić information content (AvgIpc) is 2.67. The lowest BCUT2D eigenvalue weighted by molar-refractivity contribution is 0.0828. The van der Waals surface area contributed by atoms with E-state index in [0.717, 1.165) is 11.1 Å². The zero-order valence-electron chi connectivity index (χ0n) is 15.5. The zero-order valence-corrected chi connectivity index (χ0v) is 16.3. The molecular formula is C20H20ClN3O4. The first-order valence-electron chi connectivity index (χ1n) is 8.82. The minimum Gasteiger partial charge on any atom is -0.496 e. The standard InChI is InChI=1S/C20H20ClN3O4/c1-27-16-5-6-17(28-2)19-13(16)8-24(9-15(19)25)10-18-22-14-4-3-11(21)7-12(14)20(26)23-18/h3-7,15,25H,8-10H2,1-2H3,(H,22,23,26). The minimum absolute atomic E-state index is 0.236. The summed E-state index contributed by atoms with van der Waals surface area (Å²) in [6.07, 6.45) is -0.736. The molecule has 0 fully saturated rings. The fourth-order valence-corrected chi connectivity index (χ4v) is 3.88. The summed E-state index contributed by atoms with van der Waals surface area (Å²) in [4.78, 5) is 21.7. The van der Waals surface area contributed by atoms with Gasteiger partial charge in [0, 0.05) is 29.2 Å². The first-order valence-corrected chi connectivity index (χ1v) is 9.20. The quantitative estimate of drug-likeness (QED) is 0.698. The molecule has 2 aromatic carbocycles. The summed E-state index contributed by atoms with van der Waals surface area (Å²) in [6.45, 7) is 1.30. The molecule has 8 heteroatoms. The van der Waals surface area contributed by atoms with Gasteiger partial charge in [-0.15, -0.1) is 0 Å². The summed E-state index contributed by atoms with van der Waals surface area (Å²) in [5.41, 5.74) is 1.96. The molecule has 2 N–H and O–H groups in total. The summed E-state index contributed by atoms with van der Waals surface area (Å²) >= 11 is 5.96. The van der Waals surface area contributed by atoms with Crippen LogP contribution in [0.4, 0.5) is 0 Å². The van der Waals surface area contributed by atoms with E-state index in [1.54, 1.807) is 38.5 Å². The number of benzene rings is 2. The Morgan fingerprint density at radius 1 is 1.25 bits per heavy atom. The Morgan fingerprint density at radius 3 is 2.75 bits per heavy atom. The number of aromatic amines is 1. The fourth-order valence-electron chi connectivity index (χ4n) is 3.71. The molecule has 28 heavy (non-hydrogen) atoms. The van der Waals surface area contributed by atoms with Crippen LogP contribution in [0.5, 0.6) is 11.5 Å². The van der Waals surface area contributed by atoms with Crippen molar-refractivity contribution in [2.45, 2.75) is 19.2 Å². The van der Waals surface area contributed by atoms with Gasteiger partial charge in [0.05, 0.1) is 37.8 Å². The lowest BCUT2D eigenvalue weighted by Gasteiger charge is -2.33. The second-order valence-corrected chi connectivity index (χ2v) is 7.16. The number of aliphatic hydroxyl groups is 1. The van der Waals surface area contributed by atoms with Crippen LogP contribution in [0, 0.1) is 0 Å². The largest absolute Gasteiger partial charge is 0.496 e. The van der Waals surface area contributed by atoms with Crippen molar-refractivity contribution in [2.75, 3.05) is 20.8 Å². The number of halogens is 1. The number of nitrogens with zero attached hydrogens (tertiary/aromatic N) is 2. The van der Waals surface area contributed by atoms with Gasteiger partial charge >= 0.3 is 0 Å². The average molecular weight is 402 g/mol. The van der Waals surface area contributed by atoms with Gasteiger partial charge in [-0.1, -0.05) is 11.6 Å². The van der Waals surface area contributed by atoms with Crippen LogP contribution in [0.15, 0.2) is 35.1 Å². The second kappa shape index (κ2) is 7.43. The van der Waals surface area contributed by atoms with E-state index < -0.39 is 6.10 Å². The van der Waals surface area contributed by atoms with E-state index in [9.17, 15) is 9.90 Å². The maximum Gasteiger partial charge on any atom is 0.258 e. The van der Waals surface area contributed by atoms with Crippen molar-refractivity contribution in [1.82, 2.24) is 14.9 Å². The predicted octanol–water partition coefficient (Wildman–Crippen LogP) is 2.64. The molecule has 0 aliphatic carbocycles. The second-order valence-electron chi connectivity index (χ2n) is 6.72. The molecule has 2 heterocycles. The Bertz CT molecular complexity index is 1100. The summed E-state index contributed by atoms with van der Waals surface area (Å²) in [7, 11) is 3.18. The molecule has 146 valence electrons. The smallest absolute Gasteiger partial charge is 0.258 e. The van der Waals surface area contributed by atoms with Crippen molar-refractivity contribution in [1.29, 1.82) is 0 Å². The maximum atomic E-state index is 12.4. The van der Waals surface area contributed by atoms with Crippen LogP contribution < -0.4 is 15.0 Å². The van der Waals surface area contributed by atoms with E-state index in [4.69, 9.17) is 21.1 Å². The minimum atomic E-state index is -0.736. The number of aliphatic hydroxyl groups excluding tert-OH is 1. The zero-order chi connectivity index (χ0) is 19.8. The highest BCUT2D eigenvalue weighted by Gasteiger charge is 2.30. The normalized spacial score (nSPS) is 16.8. The number of nitrogens with one attached hydrogen (secondary N) is 1. The Labute approximate surface area is 166 Å². The van der Waals surface area contributed by atoms with Gasteiger partial charge in [0.15, 0.2) is 0 Å². The molecule has 0 bridgehead atoms. The third-order valence-electron chi connectivity index (χ3n) is 4.95. The van der Waals surface area contributed by atoms with Gasteiger partial charge in [0.25, 0.3) is 5.56 Å². The van der Waals surface area contributed by atoms with Crippen LogP contribution >= 0.6 is 11.6 Å². The lowest BCUT2D eigenvalue weighted by atomic mass is 9.95. The first kappa shape index (κ1) is 18.7. The third-order valence-corrected chi connectivity index (χ3v) is 5.18. The number of hydrogen-bond acceptors (Lipinski definition) is 6. The van der Waals surface area contributed by atoms with E-state index >= 15 is 0 Å². The van der Waals surface area contributed by atoms with Crippen molar-refractivity contribution in [3.05, 3.63) is 62.7 Å². The molecule has 1 aliphatic rings. The molecule has 1 aliphatic heterocycles. The van der Waals surface area contributed by atoms with Crippen LogP contribution in [-0.2, 0) is 13.1 Å².